The summed E-state index contributed by atoms with van der Waals surface area (Å²) in [7, 11) is 0. The van der Waals surface area contributed by atoms with Crippen LogP contribution in [0.5, 0.6) is 0 Å². The van der Waals surface area contributed by atoms with Crippen molar-refractivity contribution in [1.29, 1.82) is 0 Å². The fraction of sp³-hybridized carbons (Fsp3) is 1.00. The summed E-state index contributed by atoms with van der Waals surface area (Å²) in [5.74, 6) is 1.79. The maximum atomic E-state index is 3.60. The van der Waals surface area contributed by atoms with Crippen molar-refractivity contribution in [2.24, 2.45) is 11.8 Å². The van der Waals surface area contributed by atoms with Gasteiger partial charge in [0.1, 0.15) is 0 Å². The maximum Gasteiger partial charge on any atom is 0.0547 e. The average Bonchev–Trinajstić information content (AvgIpc) is 2.30. The SMILES string of the molecule is CC1NC2CC(C)C(C)CC2N1. The third-order valence-electron chi connectivity index (χ3n) is 3.64. The third-order valence-corrected chi connectivity index (χ3v) is 3.64. The van der Waals surface area contributed by atoms with Crippen LogP contribution < -0.4 is 10.6 Å². The van der Waals surface area contributed by atoms with Crippen LogP contribution in [-0.4, -0.2) is 18.2 Å². The van der Waals surface area contributed by atoms with Gasteiger partial charge in [-0.3, -0.25) is 10.6 Å². The van der Waals surface area contributed by atoms with Crippen LogP contribution in [0.15, 0.2) is 0 Å². The van der Waals surface area contributed by atoms with Gasteiger partial charge >= 0.3 is 0 Å². The molecule has 0 bridgehead atoms. The Morgan fingerprint density at radius 1 is 0.833 bits per heavy atom. The lowest BCUT2D eigenvalue weighted by molar-refractivity contribution is 0.219. The molecule has 2 N–H and O–H groups in total. The summed E-state index contributed by atoms with van der Waals surface area (Å²) in [6.07, 6.45) is 3.23. The molecular formula is C10H20N2. The minimum Gasteiger partial charge on any atom is -0.298 e. The van der Waals surface area contributed by atoms with Gasteiger partial charge in [-0.2, -0.15) is 0 Å². The molecule has 2 rings (SSSR count). The first-order chi connectivity index (χ1) is 5.66. The van der Waals surface area contributed by atoms with Gasteiger partial charge in [0, 0.05) is 12.1 Å². The molecule has 70 valence electrons. The standard InChI is InChI=1S/C10H20N2/c1-6-4-9-10(5-7(6)2)12-8(3)11-9/h6-12H,4-5H2,1-3H3. The molecule has 12 heavy (non-hydrogen) atoms. The third kappa shape index (κ3) is 1.38. The van der Waals surface area contributed by atoms with E-state index in [0.717, 1.165) is 23.9 Å². The largest absolute Gasteiger partial charge is 0.298 e. The van der Waals surface area contributed by atoms with Crippen molar-refractivity contribution in [3.8, 4) is 0 Å². The second kappa shape index (κ2) is 3.00. The van der Waals surface area contributed by atoms with E-state index in [0.29, 0.717) is 6.17 Å². The first-order valence-electron chi connectivity index (χ1n) is 5.19. The fourth-order valence-corrected chi connectivity index (χ4v) is 2.65. The van der Waals surface area contributed by atoms with Gasteiger partial charge in [0.05, 0.1) is 6.17 Å². The fourth-order valence-electron chi connectivity index (χ4n) is 2.65. The van der Waals surface area contributed by atoms with Gasteiger partial charge in [-0.1, -0.05) is 13.8 Å². The Morgan fingerprint density at radius 2 is 1.25 bits per heavy atom. The van der Waals surface area contributed by atoms with E-state index in [4.69, 9.17) is 0 Å². The molecule has 0 amide bonds. The van der Waals surface area contributed by atoms with Crippen molar-refractivity contribution in [2.45, 2.75) is 51.9 Å². The lowest BCUT2D eigenvalue weighted by Gasteiger charge is -2.34. The summed E-state index contributed by atoms with van der Waals surface area (Å²) < 4.78 is 0. The first-order valence-corrected chi connectivity index (χ1v) is 5.19. The van der Waals surface area contributed by atoms with E-state index in [9.17, 15) is 0 Å². The normalized spacial score (nSPS) is 53.8. The summed E-state index contributed by atoms with van der Waals surface area (Å²) in [4.78, 5) is 0. The molecule has 2 aliphatic rings. The Hall–Kier alpha value is -0.0800. The molecule has 2 fully saturated rings. The van der Waals surface area contributed by atoms with Crippen molar-refractivity contribution in [2.75, 3.05) is 0 Å². The number of rotatable bonds is 0. The minimum atomic E-state index is 0.525. The van der Waals surface area contributed by atoms with Gasteiger partial charge in [0.15, 0.2) is 0 Å². The molecule has 1 aliphatic carbocycles. The molecule has 0 radical (unpaired) electrons. The van der Waals surface area contributed by atoms with Crippen molar-refractivity contribution in [3.05, 3.63) is 0 Å². The summed E-state index contributed by atoms with van der Waals surface area (Å²) in [5, 5.41) is 7.19. The van der Waals surface area contributed by atoms with E-state index < -0.39 is 0 Å². The van der Waals surface area contributed by atoms with E-state index >= 15 is 0 Å². The Bertz CT molecular complexity index is 151. The molecule has 1 saturated carbocycles. The molecule has 0 aromatic carbocycles. The van der Waals surface area contributed by atoms with E-state index in [-0.39, 0.29) is 0 Å². The Morgan fingerprint density at radius 3 is 1.67 bits per heavy atom. The molecule has 0 aromatic heterocycles. The highest BCUT2D eigenvalue weighted by atomic mass is 15.2. The van der Waals surface area contributed by atoms with Gasteiger partial charge in [-0.05, 0) is 31.6 Å². The van der Waals surface area contributed by atoms with Gasteiger partial charge in [0.25, 0.3) is 0 Å². The van der Waals surface area contributed by atoms with Crippen LogP contribution in [-0.2, 0) is 0 Å². The summed E-state index contributed by atoms with van der Waals surface area (Å²) in [5.41, 5.74) is 0. The van der Waals surface area contributed by atoms with Gasteiger partial charge < -0.3 is 0 Å². The van der Waals surface area contributed by atoms with Crippen LogP contribution in [0.3, 0.4) is 0 Å². The average molecular weight is 168 g/mol. The van der Waals surface area contributed by atoms with Crippen molar-refractivity contribution in [3.63, 3.8) is 0 Å². The lowest BCUT2D eigenvalue weighted by Crippen LogP contribution is -2.42. The monoisotopic (exact) mass is 168 g/mol. The molecule has 2 heteroatoms. The van der Waals surface area contributed by atoms with Gasteiger partial charge in [-0.25, -0.2) is 0 Å². The van der Waals surface area contributed by atoms with Crippen LogP contribution in [0.2, 0.25) is 0 Å². The molecule has 4 unspecified atom stereocenters. The number of fused-ring (bicyclic) bond motifs is 1. The smallest absolute Gasteiger partial charge is 0.0547 e. The highest BCUT2D eigenvalue weighted by Gasteiger charge is 2.37. The Balaban J connectivity index is 2.01. The molecule has 1 aliphatic heterocycles. The van der Waals surface area contributed by atoms with E-state index in [1.165, 1.54) is 12.8 Å². The molecular weight excluding hydrogens is 148 g/mol. The predicted octanol–water partition coefficient (Wildman–Crippen LogP) is 1.33. The number of nitrogens with one attached hydrogen (secondary N) is 2. The zero-order valence-corrected chi connectivity index (χ0v) is 8.30. The summed E-state index contributed by atoms with van der Waals surface area (Å²) in [6, 6.07) is 1.48. The lowest BCUT2D eigenvalue weighted by atomic mass is 9.77. The van der Waals surface area contributed by atoms with E-state index in [1.807, 2.05) is 0 Å². The van der Waals surface area contributed by atoms with Crippen LogP contribution >= 0.6 is 0 Å². The molecule has 1 saturated heterocycles. The molecule has 0 aromatic rings. The van der Waals surface area contributed by atoms with E-state index in [1.54, 1.807) is 0 Å². The van der Waals surface area contributed by atoms with Crippen molar-refractivity contribution < 1.29 is 0 Å². The zero-order valence-electron chi connectivity index (χ0n) is 8.30. The van der Waals surface area contributed by atoms with Crippen LogP contribution in [0.25, 0.3) is 0 Å². The van der Waals surface area contributed by atoms with Crippen molar-refractivity contribution in [1.82, 2.24) is 10.6 Å². The van der Waals surface area contributed by atoms with E-state index in [2.05, 4.69) is 31.4 Å². The highest BCUT2D eigenvalue weighted by molar-refractivity contribution is 4.97. The summed E-state index contributed by atoms with van der Waals surface area (Å²) >= 11 is 0. The molecule has 1 heterocycles. The van der Waals surface area contributed by atoms with Gasteiger partial charge in [0.2, 0.25) is 0 Å². The van der Waals surface area contributed by atoms with Crippen LogP contribution in [0.4, 0.5) is 0 Å². The van der Waals surface area contributed by atoms with Crippen LogP contribution in [0.1, 0.15) is 33.6 Å². The van der Waals surface area contributed by atoms with Crippen LogP contribution in [0, 0.1) is 11.8 Å². The van der Waals surface area contributed by atoms with Gasteiger partial charge in [-0.15, -0.1) is 0 Å². The minimum absolute atomic E-state index is 0.525. The Labute approximate surface area is 75.1 Å². The molecule has 2 nitrogen and oxygen atoms in total. The number of hydrogen-bond acceptors (Lipinski definition) is 2. The van der Waals surface area contributed by atoms with Crippen molar-refractivity contribution >= 4 is 0 Å². The zero-order chi connectivity index (χ0) is 8.72. The molecule has 0 spiro atoms. The molecule has 4 atom stereocenters. The number of hydrogen-bond donors (Lipinski definition) is 2. The first kappa shape index (κ1) is 8.52. The predicted molar refractivity (Wildman–Crippen MR) is 50.9 cm³/mol. The maximum absolute atomic E-state index is 3.60. The topological polar surface area (TPSA) is 24.1 Å². The highest BCUT2D eigenvalue weighted by Crippen LogP contribution is 2.31. The quantitative estimate of drug-likeness (QED) is 0.570. The Kier molecular flexibility index (Phi) is 2.13. The summed E-state index contributed by atoms with van der Waals surface area (Å²) in [6.45, 7) is 6.98. The second-order valence-corrected chi connectivity index (χ2v) is 4.69. The second-order valence-electron chi connectivity index (χ2n) is 4.69.